The standard InChI is InChI=1S/C26H33N5O2S/c1-6-31-24(23(17(2)3)28-25(33)21-14-10-11-18(4)15-21)29-30-26(31)34-16-22(32)27-19(5)20-12-8-7-9-13-20/h7-15,17,19,23H,6,16H2,1-5H3,(H,27,32)(H,28,33)/t19-,23+/m1/s1. The molecule has 3 aromatic rings. The molecule has 0 unspecified atom stereocenters. The molecule has 3 rings (SSSR count). The summed E-state index contributed by atoms with van der Waals surface area (Å²) in [4.78, 5) is 25.4. The van der Waals surface area contributed by atoms with Crippen LogP contribution in [0.25, 0.3) is 0 Å². The van der Waals surface area contributed by atoms with E-state index in [1.165, 1.54) is 11.8 Å². The highest BCUT2D eigenvalue weighted by molar-refractivity contribution is 7.99. The van der Waals surface area contributed by atoms with Gasteiger partial charge in [0.05, 0.1) is 17.8 Å². The van der Waals surface area contributed by atoms with Crippen LogP contribution in [0.1, 0.15) is 67.1 Å². The smallest absolute Gasteiger partial charge is 0.251 e. The Morgan fingerprint density at radius 2 is 1.74 bits per heavy atom. The van der Waals surface area contributed by atoms with Gasteiger partial charge in [0.15, 0.2) is 11.0 Å². The molecule has 34 heavy (non-hydrogen) atoms. The van der Waals surface area contributed by atoms with E-state index < -0.39 is 0 Å². The molecule has 8 heteroatoms. The highest BCUT2D eigenvalue weighted by Crippen LogP contribution is 2.26. The fraction of sp³-hybridized carbons (Fsp3) is 0.385. The van der Waals surface area contributed by atoms with Gasteiger partial charge in [0.25, 0.3) is 5.91 Å². The summed E-state index contributed by atoms with van der Waals surface area (Å²) in [7, 11) is 0. The molecule has 0 saturated carbocycles. The number of nitrogens with one attached hydrogen (secondary N) is 2. The molecule has 2 atom stereocenters. The maximum absolute atomic E-state index is 12.9. The second-order valence-corrected chi connectivity index (χ2v) is 9.58. The predicted octanol–water partition coefficient (Wildman–Crippen LogP) is 4.70. The van der Waals surface area contributed by atoms with Crippen molar-refractivity contribution >= 4 is 23.6 Å². The van der Waals surface area contributed by atoms with Crippen LogP contribution in [0.4, 0.5) is 0 Å². The number of aryl methyl sites for hydroxylation is 1. The molecule has 0 aliphatic carbocycles. The SMILES string of the molecule is CCn1c(SCC(=O)N[C@H](C)c2ccccc2)nnc1[C@@H](NC(=O)c1cccc(C)c1)C(C)C. The Morgan fingerprint density at radius 1 is 1.00 bits per heavy atom. The summed E-state index contributed by atoms with van der Waals surface area (Å²) >= 11 is 1.35. The average Bonchev–Trinajstić information content (AvgIpc) is 3.23. The summed E-state index contributed by atoms with van der Waals surface area (Å²) in [5.74, 6) is 0.825. The zero-order valence-corrected chi connectivity index (χ0v) is 21.2. The highest BCUT2D eigenvalue weighted by Gasteiger charge is 2.26. The second-order valence-electron chi connectivity index (χ2n) is 8.64. The lowest BCUT2D eigenvalue weighted by Gasteiger charge is -2.22. The van der Waals surface area contributed by atoms with Crippen molar-refractivity contribution in [2.75, 3.05) is 5.75 Å². The van der Waals surface area contributed by atoms with Crippen molar-refractivity contribution in [2.24, 2.45) is 5.92 Å². The van der Waals surface area contributed by atoms with Crippen LogP contribution >= 0.6 is 11.8 Å². The van der Waals surface area contributed by atoms with Gasteiger partial charge in [-0.2, -0.15) is 0 Å². The average molecular weight is 480 g/mol. The Kier molecular flexibility index (Phi) is 8.87. The first kappa shape index (κ1) is 25.5. The van der Waals surface area contributed by atoms with E-state index in [2.05, 4.69) is 20.8 Å². The number of rotatable bonds is 10. The monoisotopic (exact) mass is 479 g/mol. The molecule has 0 aliphatic heterocycles. The van der Waals surface area contributed by atoms with Gasteiger partial charge in [0.2, 0.25) is 5.91 Å². The molecule has 0 fully saturated rings. The van der Waals surface area contributed by atoms with Gasteiger partial charge in [-0.05, 0) is 44.4 Å². The molecule has 2 N–H and O–H groups in total. The minimum atomic E-state index is -0.304. The lowest BCUT2D eigenvalue weighted by Crippen LogP contribution is -2.34. The van der Waals surface area contributed by atoms with Gasteiger partial charge in [-0.25, -0.2) is 0 Å². The van der Waals surface area contributed by atoms with Gasteiger partial charge in [0.1, 0.15) is 0 Å². The van der Waals surface area contributed by atoms with Gasteiger partial charge in [-0.3, -0.25) is 9.59 Å². The molecule has 0 radical (unpaired) electrons. The summed E-state index contributed by atoms with van der Waals surface area (Å²) in [5, 5.41) is 15.6. The molecule has 0 bridgehead atoms. The lowest BCUT2D eigenvalue weighted by atomic mass is 10.0. The zero-order valence-electron chi connectivity index (χ0n) is 20.4. The number of thioether (sulfide) groups is 1. The van der Waals surface area contributed by atoms with E-state index in [9.17, 15) is 9.59 Å². The van der Waals surface area contributed by atoms with E-state index in [-0.39, 0.29) is 35.6 Å². The number of hydrogen-bond donors (Lipinski definition) is 2. The molecule has 180 valence electrons. The number of amides is 2. The minimum absolute atomic E-state index is 0.0679. The zero-order chi connectivity index (χ0) is 24.7. The first-order valence-electron chi connectivity index (χ1n) is 11.6. The topological polar surface area (TPSA) is 88.9 Å². The van der Waals surface area contributed by atoms with E-state index in [4.69, 9.17) is 0 Å². The molecule has 0 aliphatic rings. The van der Waals surface area contributed by atoms with Crippen LogP contribution in [0.15, 0.2) is 59.8 Å². The van der Waals surface area contributed by atoms with Crippen LogP contribution in [0.5, 0.6) is 0 Å². The van der Waals surface area contributed by atoms with Gasteiger partial charge in [-0.15, -0.1) is 10.2 Å². The van der Waals surface area contributed by atoms with E-state index in [0.29, 0.717) is 23.1 Å². The Labute approximate surface area is 205 Å². The third-order valence-corrected chi connectivity index (χ3v) is 6.55. The Bertz CT molecular complexity index is 1110. The maximum Gasteiger partial charge on any atom is 0.251 e. The van der Waals surface area contributed by atoms with E-state index in [1.807, 2.05) is 87.7 Å². The van der Waals surface area contributed by atoms with Gasteiger partial charge in [-0.1, -0.05) is 73.6 Å². The van der Waals surface area contributed by atoms with E-state index in [1.54, 1.807) is 6.07 Å². The number of carbonyl (C=O) groups excluding carboxylic acids is 2. The summed E-state index contributed by atoms with van der Waals surface area (Å²) < 4.78 is 1.97. The molecular weight excluding hydrogens is 446 g/mol. The first-order valence-corrected chi connectivity index (χ1v) is 12.6. The fourth-order valence-electron chi connectivity index (χ4n) is 3.71. The largest absolute Gasteiger partial charge is 0.349 e. The summed E-state index contributed by atoms with van der Waals surface area (Å²) in [6, 6.07) is 17.0. The van der Waals surface area contributed by atoms with Crippen LogP contribution in [-0.2, 0) is 11.3 Å². The first-order chi connectivity index (χ1) is 16.3. The number of benzene rings is 2. The molecule has 2 aromatic carbocycles. The van der Waals surface area contributed by atoms with Crippen LogP contribution in [0.3, 0.4) is 0 Å². The number of hydrogen-bond acceptors (Lipinski definition) is 5. The Balaban J connectivity index is 1.68. The van der Waals surface area contributed by atoms with Crippen LogP contribution in [0, 0.1) is 12.8 Å². The van der Waals surface area contributed by atoms with Crippen LogP contribution in [-0.4, -0.2) is 32.3 Å². The normalized spacial score (nSPS) is 12.9. The fourth-order valence-corrected chi connectivity index (χ4v) is 4.53. The Morgan fingerprint density at radius 3 is 2.38 bits per heavy atom. The quantitative estimate of drug-likeness (QED) is 0.411. The Hall–Kier alpha value is -3.13. The minimum Gasteiger partial charge on any atom is -0.349 e. The molecule has 2 amide bonds. The van der Waals surface area contributed by atoms with Crippen molar-refractivity contribution in [1.82, 2.24) is 25.4 Å². The highest BCUT2D eigenvalue weighted by atomic mass is 32.2. The molecular formula is C26H33N5O2S. The third kappa shape index (κ3) is 6.47. The summed E-state index contributed by atoms with van der Waals surface area (Å²) in [5.41, 5.74) is 2.71. The van der Waals surface area contributed by atoms with Gasteiger partial charge >= 0.3 is 0 Å². The van der Waals surface area contributed by atoms with Crippen molar-refractivity contribution in [2.45, 2.75) is 58.4 Å². The molecule has 7 nitrogen and oxygen atoms in total. The van der Waals surface area contributed by atoms with Crippen LogP contribution in [0.2, 0.25) is 0 Å². The van der Waals surface area contributed by atoms with Crippen molar-refractivity contribution in [3.8, 4) is 0 Å². The molecule has 1 aromatic heterocycles. The number of carbonyl (C=O) groups is 2. The van der Waals surface area contributed by atoms with Gasteiger partial charge < -0.3 is 15.2 Å². The maximum atomic E-state index is 12.9. The van der Waals surface area contributed by atoms with Crippen molar-refractivity contribution in [1.29, 1.82) is 0 Å². The van der Waals surface area contributed by atoms with E-state index in [0.717, 1.165) is 11.1 Å². The molecule has 0 saturated heterocycles. The third-order valence-electron chi connectivity index (χ3n) is 5.58. The summed E-state index contributed by atoms with van der Waals surface area (Å²) in [6.07, 6.45) is 0. The van der Waals surface area contributed by atoms with Crippen LogP contribution < -0.4 is 10.6 Å². The van der Waals surface area contributed by atoms with Crippen molar-refractivity contribution < 1.29 is 9.59 Å². The van der Waals surface area contributed by atoms with Crippen molar-refractivity contribution in [3.63, 3.8) is 0 Å². The molecule has 0 spiro atoms. The lowest BCUT2D eigenvalue weighted by molar-refractivity contribution is -0.119. The number of aromatic nitrogens is 3. The second kappa shape index (κ2) is 11.8. The molecule has 1 heterocycles. The number of nitrogens with zero attached hydrogens (tertiary/aromatic N) is 3. The predicted molar refractivity (Wildman–Crippen MR) is 136 cm³/mol. The summed E-state index contributed by atoms with van der Waals surface area (Å²) in [6.45, 7) is 10.7. The van der Waals surface area contributed by atoms with Gasteiger partial charge in [0, 0.05) is 12.1 Å². The van der Waals surface area contributed by atoms with E-state index >= 15 is 0 Å². The van der Waals surface area contributed by atoms with Crippen molar-refractivity contribution in [3.05, 3.63) is 77.1 Å².